The van der Waals surface area contributed by atoms with Crippen molar-refractivity contribution in [3.05, 3.63) is 30.3 Å². The fourth-order valence-electron chi connectivity index (χ4n) is 0.642. The van der Waals surface area contributed by atoms with Crippen LogP contribution in [0.1, 0.15) is 0 Å². The third kappa shape index (κ3) is 1.65. The van der Waals surface area contributed by atoms with Crippen LogP contribution in [0.3, 0.4) is 0 Å². The molecule has 0 radical (unpaired) electrons. The highest BCUT2D eigenvalue weighted by Crippen LogP contribution is 1.89. The lowest BCUT2D eigenvalue weighted by Gasteiger charge is -2.07. The van der Waals surface area contributed by atoms with Crippen LogP contribution in [0.2, 0.25) is 0 Å². The zero-order valence-corrected chi connectivity index (χ0v) is 6.11. The molecule has 0 fully saturated rings. The summed E-state index contributed by atoms with van der Waals surface area (Å²) in [6.07, 6.45) is 0. The zero-order valence-electron chi connectivity index (χ0n) is 8.11. The molecule has 0 aliphatic heterocycles. The summed E-state index contributed by atoms with van der Waals surface area (Å²) >= 11 is 0. The topological polar surface area (TPSA) is 60.7 Å². The molecule has 0 aliphatic rings. The Morgan fingerprint density at radius 1 is 1.10 bits per heavy atom. The molecule has 1 aromatic carbocycles. The highest BCUT2D eigenvalue weighted by molar-refractivity contribution is 6.71. The van der Waals surface area contributed by atoms with Crippen LogP contribution in [-0.2, 0) is 0 Å². The fraction of sp³-hybridized carbons (Fsp3) is 0. The van der Waals surface area contributed by atoms with Gasteiger partial charge in [0.2, 0.25) is 0 Å². The van der Waals surface area contributed by atoms with Crippen LogP contribution in [0.5, 0.6) is 0 Å². The predicted octanol–water partition coefficient (Wildman–Crippen LogP) is -1.19. The third-order valence-corrected chi connectivity index (χ3v) is 2.17. The maximum atomic E-state index is 6.72. The van der Waals surface area contributed by atoms with Gasteiger partial charge in [0.1, 0.15) is 0 Å². The molecule has 54 valence electrons. The van der Waals surface area contributed by atoms with Crippen molar-refractivity contribution in [1.82, 2.24) is 0 Å². The standard InChI is InChI=1S/C6H8O3Si/c7-10(8,9)6-4-2-1-3-5-6/h1-5,7-9H/i7D,8D,9D. The van der Waals surface area contributed by atoms with E-state index in [-0.39, 0.29) is 0 Å². The molecule has 0 heterocycles. The van der Waals surface area contributed by atoms with Gasteiger partial charge in [-0.1, -0.05) is 30.3 Å². The third-order valence-electron chi connectivity index (χ3n) is 1.13. The van der Waals surface area contributed by atoms with Gasteiger partial charge in [-0.2, -0.15) is 0 Å². The number of hydrogen-bond acceptors (Lipinski definition) is 3. The van der Waals surface area contributed by atoms with Crippen LogP contribution in [0.25, 0.3) is 0 Å². The van der Waals surface area contributed by atoms with Crippen LogP contribution in [0.4, 0.5) is 0 Å². The summed E-state index contributed by atoms with van der Waals surface area (Å²) in [6.45, 7) is 0. The van der Waals surface area contributed by atoms with Crippen LogP contribution in [0.15, 0.2) is 30.3 Å². The van der Waals surface area contributed by atoms with Gasteiger partial charge in [0, 0.05) is 5.19 Å². The Bertz CT molecular complexity index is 246. The minimum Gasteiger partial charge on any atom is -0.386 e. The molecule has 0 aliphatic carbocycles. The van der Waals surface area contributed by atoms with E-state index in [0.717, 1.165) is 0 Å². The van der Waals surface area contributed by atoms with Crippen molar-refractivity contribution in [2.45, 2.75) is 0 Å². The first kappa shape index (κ1) is 4.25. The second kappa shape index (κ2) is 2.51. The summed E-state index contributed by atoms with van der Waals surface area (Å²) in [5.74, 6) is 0. The summed E-state index contributed by atoms with van der Waals surface area (Å²) in [5, 5.41) is 0.412. The number of hydrogen-bond donors (Lipinski definition) is 3. The largest absolute Gasteiger partial charge is 0.528 e. The molecule has 0 saturated carbocycles. The lowest BCUT2D eigenvalue weighted by atomic mass is 10.4. The van der Waals surface area contributed by atoms with Gasteiger partial charge >= 0.3 is 8.80 Å². The van der Waals surface area contributed by atoms with E-state index in [1.54, 1.807) is 30.3 Å². The van der Waals surface area contributed by atoms with Gasteiger partial charge in [0.05, 0.1) is 0 Å². The molecule has 0 spiro atoms. The van der Waals surface area contributed by atoms with Crippen LogP contribution < -0.4 is 5.19 Å². The maximum Gasteiger partial charge on any atom is 0.528 e. The quantitative estimate of drug-likeness (QED) is 0.484. The second-order valence-electron chi connectivity index (χ2n) is 1.92. The first-order chi connectivity index (χ1) is 6.29. The molecule has 3 nitrogen and oxygen atoms in total. The molecule has 4 heteroatoms. The Labute approximate surface area is 64.0 Å². The van der Waals surface area contributed by atoms with Crippen molar-refractivity contribution in [3.63, 3.8) is 0 Å². The van der Waals surface area contributed by atoms with Crippen molar-refractivity contribution in [3.8, 4) is 0 Å². The maximum absolute atomic E-state index is 6.72. The van der Waals surface area contributed by atoms with Gasteiger partial charge in [-0.05, 0) is 0 Å². The summed E-state index contributed by atoms with van der Waals surface area (Å²) in [4.78, 5) is 12.6. The Hall–Kier alpha value is -0.683. The molecule has 0 unspecified atom stereocenters. The van der Waals surface area contributed by atoms with Gasteiger partial charge in [0.15, 0.2) is 4.29 Å². The molecule has 0 saturated heterocycles. The van der Waals surface area contributed by atoms with Gasteiger partial charge in [-0.25, -0.2) is 0 Å². The summed E-state index contributed by atoms with van der Waals surface area (Å²) in [5.41, 5.74) is 0. The predicted molar refractivity (Wildman–Crippen MR) is 38.5 cm³/mol. The van der Waals surface area contributed by atoms with Crippen LogP contribution in [-0.4, -0.2) is 27.5 Å². The van der Waals surface area contributed by atoms with Crippen LogP contribution in [0, 0.1) is 0 Å². The Balaban J connectivity index is 3.01. The van der Waals surface area contributed by atoms with E-state index in [1.165, 1.54) is 0 Å². The Kier molecular flexibility index (Phi) is 1.07. The smallest absolute Gasteiger partial charge is 0.386 e. The van der Waals surface area contributed by atoms with E-state index < -0.39 is 8.80 Å². The fourth-order valence-corrected chi connectivity index (χ4v) is 1.24. The highest BCUT2D eigenvalue weighted by atomic mass is 28.4. The minimum atomic E-state index is -3.59. The molecule has 0 atom stereocenters. The van der Waals surface area contributed by atoms with E-state index in [9.17, 15) is 0 Å². The molecule has 1 aromatic rings. The van der Waals surface area contributed by atoms with Crippen molar-refractivity contribution in [2.75, 3.05) is 0 Å². The van der Waals surface area contributed by atoms with E-state index in [1.807, 2.05) is 0 Å². The molecule has 1 rings (SSSR count). The molecule has 0 bridgehead atoms. The first-order valence-corrected chi connectivity index (χ1v) is 4.50. The molecular formula is C6H8O3Si. The summed E-state index contributed by atoms with van der Waals surface area (Å²) < 4.78 is 20.2. The summed E-state index contributed by atoms with van der Waals surface area (Å²) in [6, 6.07) is 8.32. The summed E-state index contributed by atoms with van der Waals surface area (Å²) in [7, 11) is -3.59. The molecular weight excluding hydrogens is 148 g/mol. The van der Waals surface area contributed by atoms with E-state index in [2.05, 4.69) is 14.4 Å². The van der Waals surface area contributed by atoms with Crippen molar-refractivity contribution in [1.29, 1.82) is 4.29 Å². The average Bonchev–Trinajstić information content (AvgIpc) is 2.23. The normalized spacial score (nSPS) is 15.4. The van der Waals surface area contributed by atoms with Crippen LogP contribution >= 0.6 is 0 Å². The molecule has 10 heavy (non-hydrogen) atoms. The van der Waals surface area contributed by atoms with Gasteiger partial charge < -0.3 is 14.4 Å². The van der Waals surface area contributed by atoms with E-state index in [4.69, 9.17) is 4.29 Å². The van der Waals surface area contributed by atoms with E-state index in [0.29, 0.717) is 5.19 Å². The lowest BCUT2D eigenvalue weighted by Crippen LogP contribution is -2.48. The first-order valence-electron chi connectivity index (χ1n) is 4.00. The van der Waals surface area contributed by atoms with Crippen molar-refractivity contribution >= 4 is 14.0 Å². The Morgan fingerprint density at radius 2 is 1.70 bits per heavy atom. The van der Waals surface area contributed by atoms with Gasteiger partial charge in [0.25, 0.3) is 0 Å². The second-order valence-corrected chi connectivity index (χ2v) is 3.61. The average molecular weight is 159 g/mol. The van der Waals surface area contributed by atoms with Gasteiger partial charge in [-0.15, -0.1) is 0 Å². The number of benzene rings is 1. The number of rotatable bonds is 4. The zero-order chi connectivity index (χ0) is 9.73. The molecule has 3 N–H and O–H groups in total. The SMILES string of the molecule is [2H]O[Si](O[2H])(O[2H])c1ccccc1. The lowest BCUT2D eigenvalue weighted by molar-refractivity contribution is 0.250. The highest BCUT2D eigenvalue weighted by Gasteiger charge is 2.29. The van der Waals surface area contributed by atoms with Crippen molar-refractivity contribution < 1.29 is 14.4 Å². The van der Waals surface area contributed by atoms with E-state index >= 15 is 0 Å². The monoisotopic (exact) mass is 159 g/mol. The minimum absolute atomic E-state index is 0.412. The molecule has 0 amide bonds. The molecule has 0 aromatic heterocycles. The van der Waals surface area contributed by atoms with Crippen molar-refractivity contribution in [2.24, 2.45) is 0 Å². The van der Waals surface area contributed by atoms with Gasteiger partial charge in [-0.3, -0.25) is 0 Å². The Morgan fingerprint density at radius 3 is 2.20 bits per heavy atom.